The summed E-state index contributed by atoms with van der Waals surface area (Å²) in [4.78, 5) is 0. The quantitative estimate of drug-likeness (QED) is 0.392. The SMILES string of the molecule is COc1ccc(/C(N)=N/O)c(Oc2cccc(Cl)c2)c1. The lowest BCUT2D eigenvalue weighted by atomic mass is 10.1. The van der Waals surface area contributed by atoms with Gasteiger partial charge < -0.3 is 20.4 Å². The first-order valence-electron chi connectivity index (χ1n) is 5.73. The van der Waals surface area contributed by atoms with Crippen LogP contribution in [0.25, 0.3) is 0 Å². The van der Waals surface area contributed by atoms with Crippen LogP contribution in [0.5, 0.6) is 17.2 Å². The van der Waals surface area contributed by atoms with E-state index in [9.17, 15) is 0 Å². The molecule has 0 spiro atoms. The second kappa shape index (κ2) is 6.16. The third-order valence-corrected chi connectivity index (χ3v) is 2.83. The fourth-order valence-corrected chi connectivity index (χ4v) is 1.82. The number of halogens is 1. The van der Waals surface area contributed by atoms with Gasteiger partial charge in [0.15, 0.2) is 5.84 Å². The molecule has 20 heavy (non-hydrogen) atoms. The largest absolute Gasteiger partial charge is 0.497 e. The first-order valence-corrected chi connectivity index (χ1v) is 6.11. The maximum absolute atomic E-state index is 8.80. The maximum atomic E-state index is 8.80. The average molecular weight is 293 g/mol. The Labute approximate surface area is 121 Å². The second-order valence-electron chi connectivity index (χ2n) is 3.91. The summed E-state index contributed by atoms with van der Waals surface area (Å²) < 4.78 is 10.9. The average Bonchev–Trinajstić information content (AvgIpc) is 2.46. The first-order chi connectivity index (χ1) is 9.63. The molecule has 0 heterocycles. The van der Waals surface area contributed by atoms with Crippen molar-refractivity contribution in [2.45, 2.75) is 0 Å². The lowest BCUT2D eigenvalue weighted by molar-refractivity contribution is 0.318. The molecular formula is C14H13ClN2O3. The molecule has 0 aliphatic carbocycles. The van der Waals surface area contributed by atoms with E-state index in [2.05, 4.69) is 5.16 Å². The molecule has 104 valence electrons. The number of methoxy groups -OCH3 is 1. The van der Waals surface area contributed by atoms with Crippen molar-refractivity contribution in [3.8, 4) is 17.2 Å². The molecule has 0 aliphatic heterocycles. The number of hydrogen-bond donors (Lipinski definition) is 2. The van der Waals surface area contributed by atoms with Gasteiger partial charge in [-0.2, -0.15) is 0 Å². The Morgan fingerprint density at radius 2 is 2.00 bits per heavy atom. The first kappa shape index (κ1) is 14.0. The van der Waals surface area contributed by atoms with Gasteiger partial charge in [-0.3, -0.25) is 0 Å². The van der Waals surface area contributed by atoms with E-state index in [0.29, 0.717) is 27.8 Å². The number of hydrogen-bond acceptors (Lipinski definition) is 4. The van der Waals surface area contributed by atoms with E-state index in [0.717, 1.165) is 0 Å². The number of benzene rings is 2. The number of nitrogens with zero attached hydrogens (tertiary/aromatic N) is 1. The number of amidine groups is 1. The van der Waals surface area contributed by atoms with Crippen molar-refractivity contribution in [3.63, 3.8) is 0 Å². The monoisotopic (exact) mass is 292 g/mol. The topological polar surface area (TPSA) is 77.1 Å². The molecule has 0 saturated heterocycles. The summed E-state index contributed by atoms with van der Waals surface area (Å²) in [6.07, 6.45) is 0. The van der Waals surface area contributed by atoms with Crippen molar-refractivity contribution in [1.29, 1.82) is 0 Å². The summed E-state index contributed by atoms with van der Waals surface area (Å²) in [5.41, 5.74) is 6.08. The Bertz CT molecular complexity index is 644. The van der Waals surface area contributed by atoms with Crippen LogP contribution in [-0.4, -0.2) is 18.2 Å². The molecule has 0 saturated carbocycles. The van der Waals surface area contributed by atoms with Gasteiger partial charge in [-0.05, 0) is 30.3 Å². The molecule has 2 rings (SSSR count). The standard InChI is InChI=1S/C14H13ClN2O3/c1-19-10-5-6-12(14(16)17-18)13(8-10)20-11-4-2-3-9(15)7-11/h2-8,18H,1H3,(H2,16,17). The fourth-order valence-electron chi connectivity index (χ4n) is 1.64. The highest BCUT2D eigenvalue weighted by Crippen LogP contribution is 2.30. The van der Waals surface area contributed by atoms with Crippen LogP contribution in [0.1, 0.15) is 5.56 Å². The third-order valence-electron chi connectivity index (χ3n) is 2.60. The maximum Gasteiger partial charge on any atom is 0.173 e. The molecule has 0 bridgehead atoms. The van der Waals surface area contributed by atoms with Crippen LogP contribution in [0.4, 0.5) is 0 Å². The minimum absolute atomic E-state index is 0.0512. The van der Waals surface area contributed by atoms with Gasteiger partial charge in [0, 0.05) is 11.1 Å². The fraction of sp³-hybridized carbons (Fsp3) is 0.0714. The molecular weight excluding hydrogens is 280 g/mol. The van der Waals surface area contributed by atoms with E-state index in [-0.39, 0.29) is 5.84 Å². The van der Waals surface area contributed by atoms with Crippen LogP contribution in [-0.2, 0) is 0 Å². The zero-order valence-electron chi connectivity index (χ0n) is 10.7. The Morgan fingerprint density at radius 1 is 1.20 bits per heavy atom. The Hall–Kier alpha value is -2.40. The van der Waals surface area contributed by atoms with Gasteiger partial charge in [-0.25, -0.2) is 0 Å². The molecule has 6 heteroatoms. The molecule has 5 nitrogen and oxygen atoms in total. The van der Waals surface area contributed by atoms with Crippen LogP contribution >= 0.6 is 11.6 Å². The molecule has 0 unspecified atom stereocenters. The zero-order chi connectivity index (χ0) is 14.5. The molecule has 0 fully saturated rings. The minimum atomic E-state index is -0.0512. The highest BCUT2D eigenvalue weighted by atomic mass is 35.5. The van der Waals surface area contributed by atoms with E-state index in [1.54, 1.807) is 49.6 Å². The normalized spacial score (nSPS) is 11.2. The third kappa shape index (κ3) is 3.13. The van der Waals surface area contributed by atoms with Gasteiger partial charge in [0.2, 0.25) is 0 Å². The summed E-state index contributed by atoms with van der Waals surface area (Å²) in [7, 11) is 1.54. The zero-order valence-corrected chi connectivity index (χ0v) is 11.5. The molecule has 0 aliphatic rings. The van der Waals surface area contributed by atoms with Crippen molar-refractivity contribution in [3.05, 3.63) is 53.1 Å². The minimum Gasteiger partial charge on any atom is -0.497 e. The Balaban J connectivity index is 2.42. The molecule has 0 amide bonds. The Morgan fingerprint density at radius 3 is 2.65 bits per heavy atom. The van der Waals surface area contributed by atoms with Crippen molar-refractivity contribution in [1.82, 2.24) is 0 Å². The number of ether oxygens (including phenoxy) is 2. The predicted molar refractivity (Wildman–Crippen MR) is 77.0 cm³/mol. The molecule has 0 atom stereocenters. The highest BCUT2D eigenvalue weighted by molar-refractivity contribution is 6.30. The summed E-state index contributed by atoms with van der Waals surface area (Å²) >= 11 is 5.91. The van der Waals surface area contributed by atoms with Gasteiger partial charge in [0.05, 0.1) is 12.7 Å². The van der Waals surface area contributed by atoms with Gasteiger partial charge in [0.1, 0.15) is 17.2 Å². The number of rotatable bonds is 4. The second-order valence-corrected chi connectivity index (χ2v) is 4.34. The van der Waals surface area contributed by atoms with Crippen LogP contribution in [0.15, 0.2) is 47.6 Å². The number of oxime groups is 1. The summed E-state index contributed by atoms with van der Waals surface area (Å²) in [6.45, 7) is 0. The van der Waals surface area contributed by atoms with Crippen LogP contribution in [0.3, 0.4) is 0 Å². The van der Waals surface area contributed by atoms with Crippen molar-refractivity contribution >= 4 is 17.4 Å². The van der Waals surface area contributed by atoms with E-state index in [4.69, 9.17) is 32.0 Å². The summed E-state index contributed by atoms with van der Waals surface area (Å²) in [5.74, 6) is 1.49. The predicted octanol–water partition coefficient (Wildman–Crippen LogP) is 3.24. The van der Waals surface area contributed by atoms with Crippen LogP contribution in [0, 0.1) is 0 Å². The Kier molecular flexibility index (Phi) is 4.32. The lowest BCUT2D eigenvalue weighted by Crippen LogP contribution is -2.14. The van der Waals surface area contributed by atoms with Crippen molar-refractivity contribution < 1.29 is 14.7 Å². The molecule has 0 radical (unpaired) electrons. The van der Waals surface area contributed by atoms with Crippen molar-refractivity contribution in [2.75, 3.05) is 7.11 Å². The van der Waals surface area contributed by atoms with Crippen molar-refractivity contribution in [2.24, 2.45) is 10.9 Å². The lowest BCUT2D eigenvalue weighted by Gasteiger charge is -2.12. The van der Waals surface area contributed by atoms with Gasteiger partial charge in [0.25, 0.3) is 0 Å². The smallest absolute Gasteiger partial charge is 0.173 e. The summed E-state index contributed by atoms with van der Waals surface area (Å²) in [5, 5.41) is 12.3. The number of nitrogens with two attached hydrogens (primary N) is 1. The van der Waals surface area contributed by atoms with Gasteiger partial charge in [-0.1, -0.05) is 22.8 Å². The van der Waals surface area contributed by atoms with E-state index in [1.807, 2.05) is 0 Å². The summed E-state index contributed by atoms with van der Waals surface area (Å²) in [6, 6.07) is 11.9. The van der Waals surface area contributed by atoms with E-state index in [1.165, 1.54) is 0 Å². The van der Waals surface area contributed by atoms with Crippen LogP contribution < -0.4 is 15.2 Å². The van der Waals surface area contributed by atoms with E-state index >= 15 is 0 Å². The molecule has 2 aromatic rings. The molecule has 2 aromatic carbocycles. The van der Waals surface area contributed by atoms with Gasteiger partial charge in [-0.15, -0.1) is 0 Å². The van der Waals surface area contributed by atoms with E-state index < -0.39 is 0 Å². The molecule has 3 N–H and O–H groups in total. The highest BCUT2D eigenvalue weighted by Gasteiger charge is 2.11. The van der Waals surface area contributed by atoms with Gasteiger partial charge >= 0.3 is 0 Å². The molecule has 0 aromatic heterocycles. The van der Waals surface area contributed by atoms with Crippen LogP contribution in [0.2, 0.25) is 5.02 Å².